The van der Waals surface area contributed by atoms with Crippen LogP contribution in [0.1, 0.15) is 56.8 Å². The summed E-state index contributed by atoms with van der Waals surface area (Å²) >= 11 is 0. The number of hydrogen-bond acceptors (Lipinski definition) is 7. The van der Waals surface area contributed by atoms with E-state index >= 15 is 0 Å². The van der Waals surface area contributed by atoms with Crippen molar-refractivity contribution < 1.29 is 13.9 Å². The van der Waals surface area contributed by atoms with E-state index < -0.39 is 5.82 Å². The van der Waals surface area contributed by atoms with Crippen molar-refractivity contribution in [2.24, 2.45) is 11.3 Å². The predicted molar refractivity (Wildman–Crippen MR) is 146 cm³/mol. The highest BCUT2D eigenvalue weighted by atomic mass is 19.1. The van der Waals surface area contributed by atoms with Crippen LogP contribution in [0.5, 0.6) is 11.5 Å². The Morgan fingerprint density at radius 1 is 1.21 bits per heavy atom. The number of halogens is 1. The van der Waals surface area contributed by atoms with E-state index in [0.29, 0.717) is 23.5 Å². The topological polar surface area (TPSA) is 73.8 Å². The summed E-state index contributed by atoms with van der Waals surface area (Å²) in [5.74, 6) is 1.63. The van der Waals surface area contributed by atoms with Gasteiger partial charge in [0.05, 0.1) is 11.8 Å². The van der Waals surface area contributed by atoms with E-state index in [0.717, 1.165) is 51.0 Å². The Hall–Kier alpha value is -2.78. The molecule has 1 aromatic carbocycles. The van der Waals surface area contributed by atoms with E-state index in [-0.39, 0.29) is 17.5 Å². The zero-order valence-electron chi connectivity index (χ0n) is 23.0. The number of benzene rings is 1. The highest BCUT2D eigenvalue weighted by Crippen LogP contribution is 2.45. The predicted octanol–water partition coefficient (Wildman–Crippen LogP) is 4.18. The summed E-state index contributed by atoms with van der Waals surface area (Å²) in [6.07, 6.45) is 8.15. The lowest BCUT2D eigenvalue weighted by molar-refractivity contribution is 0.0634. The van der Waals surface area contributed by atoms with Gasteiger partial charge in [0.1, 0.15) is 17.9 Å². The lowest BCUT2D eigenvalue weighted by Crippen LogP contribution is -2.61. The Morgan fingerprint density at radius 3 is 2.63 bits per heavy atom. The minimum atomic E-state index is -0.471. The number of anilines is 1. The smallest absolute Gasteiger partial charge is 0.257 e. The van der Waals surface area contributed by atoms with Crippen LogP contribution in [0.15, 0.2) is 30.7 Å². The first kappa shape index (κ1) is 26.8. The van der Waals surface area contributed by atoms with E-state index in [1.165, 1.54) is 56.8 Å². The Bertz CT molecular complexity index is 1110. The van der Waals surface area contributed by atoms with Crippen molar-refractivity contribution >= 4 is 11.7 Å². The Kier molecular flexibility index (Phi) is 8.14. The molecule has 0 aliphatic carbocycles. The van der Waals surface area contributed by atoms with Crippen LogP contribution in [-0.2, 0) is 0 Å². The molecule has 9 heteroatoms. The van der Waals surface area contributed by atoms with Crippen LogP contribution < -0.4 is 15.0 Å². The fraction of sp³-hybridized carbons (Fsp3) is 0.621. The SMILES string of the molecule is CCN(C(=O)c1cc(F)ccc1Oc1cncnc1N1CC2(CCN(CC3CCNCC3)CC2)C1)C(C)C. The van der Waals surface area contributed by atoms with Gasteiger partial charge in [-0.2, -0.15) is 0 Å². The van der Waals surface area contributed by atoms with Crippen LogP contribution in [0.4, 0.5) is 10.2 Å². The summed E-state index contributed by atoms with van der Waals surface area (Å²) in [5, 5.41) is 3.47. The number of carbonyl (C=O) groups excluding carboxylic acids is 1. The maximum atomic E-state index is 14.2. The molecule has 3 saturated heterocycles. The molecule has 1 spiro atoms. The van der Waals surface area contributed by atoms with Crippen LogP contribution in [0.25, 0.3) is 0 Å². The molecule has 1 aromatic heterocycles. The minimum Gasteiger partial charge on any atom is -0.451 e. The van der Waals surface area contributed by atoms with Crippen LogP contribution >= 0.6 is 0 Å². The quantitative estimate of drug-likeness (QED) is 0.555. The average Bonchev–Trinajstić information content (AvgIpc) is 2.90. The van der Waals surface area contributed by atoms with Crippen LogP contribution in [-0.4, -0.2) is 84.1 Å². The average molecular weight is 525 g/mol. The zero-order valence-corrected chi connectivity index (χ0v) is 23.0. The molecule has 3 aliphatic heterocycles. The third-order valence-electron chi connectivity index (χ3n) is 8.52. The number of rotatable bonds is 8. The van der Waals surface area contributed by atoms with Crippen molar-refractivity contribution in [3.8, 4) is 11.5 Å². The molecule has 4 heterocycles. The van der Waals surface area contributed by atoms with Gasteiger partial charge in [-0.3, -0.25) is 4.79 Å². The Balaban J connectivity index is 1.25. The molecule has 0 saturated carbocycles. The van der Waals surface area contributed by atoms with Crippen molar-refractivity contribution in [2.45, 2.75) is 52.5 Å². The molecular formula is C29H41FN6O2. The molecule has 0 radical (unpaired) electrons. The molecule has 0 atom stereocenters. The summed E-state index contributed by atoms with van der Waals surface area (Å²) in [6.45, 7) is 14.1. The monoisotopic (exact) mass is 524 g/mol. The summed E-state index contributed by atoms with van der Waals surface area (Å²) in [6, 6.07) is 4.07. The number of piperidine rings is 2. The number of carbonyl (C=O) groups is 1. The standard InChI is InChI=1S/C29H41FN6O2/c1-4-36(21(2)3)28(37)24-15-23(30)5-6-25(24)38-26-16-32-20-33-27(26)35-18-29(19-35)9-13-34(14-10-29)17-22-7-11-31-12-8-22/h5-6,15-16,20-22,31H,4,7-14,17-19H2,1-3H3. The highest BCUT2D eigenvalue weighted by molar-refractivity contribution is 5.97. The molecule has 1 N–H and O–H groups in total. The first-order chi connectivity index (χ1) is 18.4. The first-order valence-corrected chi connectivity index (χ1v) is 14.1. The lowest BCUT2D eigenvalue weighted by Gasteiger charge is -2.54. The Labute approximate surface area is 225 Å². The fourth-order valence-electron chi connectivity index (χ4n) is 6.26. The number of ether oxygens (including phenoxy) is 1. The van der Waals surface area contributed by atoms with E-state index in [9.17, 15) is 9.18 Å². The first-order valence-electron chi connectivity index (χ1n) is 14.1. The number of nitrogens with zero attached hydrogens (tertiary/aromatic N) is 5. The van der Waals surface area contributed by atoms with Gasteiger partial charge in [-0.15, -0.1) is 0 Å². The van der Waals surface area contributed by atoms with Gasteiger partial charge < -0.3 is 24.8 Å². The second-order valence-electron chi connectivity index (χ2n) is 11.5. The maximum Gasteiger partial charge on any atom is 0.257 e. The largest absolute Gasteiger partial charge is 0.451 e. The normalized spacial score (nSPS) is 20.0. The van der Waals surface area contributed by atoms with Crippen molar-refractivity contribution in [3.63, 3.8) is 0 Å². The number of amides is 1. The van der Waals surface area contributed by atoms with Gasteiger partial charge in [-0.1, -0.05) is 0 Å². The lowest BCUT2D eigenvalue weighted by atomic mass is 9.72. The zero-order chi connectivity index (χ0) is 26.7. The van der Waals surface area contributed by atoms with Gasteiger partial charge in [0, 0.05) is 37.6 Å². The molecular weight excluding hydrogens is 483 g/mol. The van der Waals surface area contributed by atoms with Gasteiger partial charge in [0.25, 0.3) is 5.91 Å². The van der Waals surface area contributed by atoms with E-state index in [1.54, 1.807) is 11.1 Å². The van der Waals surface area contributed by atoms with Crippen molar-refractivity contribution in [1.82, 2.24) is 25.1 Å². The highest BCUT2D eigenvalue weighted by Gasteiger charge is 2.46. The van der Waals surface area contributed by atoms with Gasteiger partial charge in [-0.25, -0.2) is 14.4 Å². The van der Waals surface area contributed by atoms with Crippen LogP contribution in [0.2, 0.25) is 0 Å². The number of hydrogen-bond donors (Lipinski definition) is 1. The molecule has 38 heavy (non-hydrogen) atoms. The third-order valence-corrected chi connectivity index (χ3v) is 8.52. The maximum absolute atomic E-state index is 14.2. The van der Waals surface area contributed by atoms with Gasteiger partial charge >= 0.3 is 0 Å². The summed E-state index contributed by atoms with van der Waals surface area (Å²) < 4.78 is 20.4. The number of likely N-dealkylation sites (tertiary alicyclic amines) is 1. The third kappa shape index (κ3) is 5.78. The van der Waals surface area contributed by atoms with Gasteiger partial charge in [-0.05, 0) is 96.8 Å². The molecule has 206 valence electrons. The van der Waals surface area contributed by atoms with Crippen LogP contribution in [0, 0.1) is 17.2 Å². The second kappa shape index (κ2) is 11.5. The summed E-state index contributed by atoms with van der Waals surface area (Å²) in [4.78, 5) is 28.6. The molecule has 8 nitrogen and oxygen atoms in total. The molecule has 2 aromatic rings. The van der Waals surface area contributed by atoms with Crippen LogP contribution in [0.3, 0.4) is 0 Å². The van der Waals surface area contributed by atoms with Crippen molar-refractivity contribution in [2.75, 3.05) is 57.3 Å². The number of nitrogens with one attached hydrogen (secondary N) is 1. The minimum absolute atomic E-state index is 0.0115. The fourth-order valence-corrected chi connectivity index (χ4v) is 6.26. The van der Waals surface area contributed by atoms with E-state index in [1.807, 2.05) is 20.8 Å². The van der Waals surface area contributed by atoms with Crippen molar-refractivity contribution in [1.29, 1.82) is 0 Å². The van der Waals surface area contributed by atoms with Crippen molar-refractivity contribution in [3.05, 3.63) is 42.1 Å². The molecule has 5 rings (SSSR count). The molecule has 1 amide bonds. The molecule has 0 bridgehead atoms. The second-order valence-corrected chi connectivity index (χ2v) is 11.5. The number of aromatic nitrogens is 2. The van der Waals surface area contributed by atoms with E-state index in [4.69, 9.17) is 4.74 Å². The van der Waals surface area contributed by atoms with Gasteiger partial charge in [0.2, 0.25) is 0 Å². The molecule has 3 aliphatic rings. The Morgan fingerprint density at radius 2 is 1.95 bits per heavy atom. The summed E-state index contributed by atoms with van der Waals surface area (Å²) in [7, 11) is 0. The van der Waals surface area contributed by atoms with Gasteiger partial charge in [0.15, 0.2) is 11.6 Å². The molecule has 3 fully saturated rings. The summed E-state index contributed by atoms with van der Waals surface area (Å²) in [5.41, 5.74) is 0.527. The molecule has 0 unspecified atom stereocenters. The van der Waals surface area contributed by atoms with E-state index in [2.05, 4.69) is 25.1 Å².